The fourth-order valence-electron chi connectivity index (χ4n) is 3.57. The highest BCUT2D eigenvalue weighted by Crippen LogP contribution is 2.32. The summed E-state index contributed by atoms with van der Waals surface area (Å²) in [5.41, 5.74) is 2.45. The Morgan fingerprint density at radius 3 is 2.64 bits per heavy atom. The molecule has 4 nitrogen and oxygen atoms in total. The van der Waals surface area contributed by atoms with Crippen LogP contribution in [-0.2, 0) is 0 Å². The molecular formula is C20H20ClN3O. The van der Waals surface area contributed by atoms with Crippen molar-refractivity contribution in [1.82, 2.24) is 14.7 Å². The van der Waals surface area contributed by atoms with Crippen molar-refractivity contribution in [2.75, 3.05) is 20.1 Å². The van der Waals surface area contributed by atoms with Crippen LogP contribution in [0.1, 0.15) is 34.8 Å². The number of aromatic nitrogens is 2. The first-order valence-electron chi connectivity index (χ1n) is 8.60. The van der Waals surface area contributed by atoms with Gasteiger partial charge >= 0.3 is 0 Å². The molecule has 3 aromatic rings. The van der Waals surface area contributed by atoms with Crippen LogP contribution in [0.5, 0.6) is 0 Å². The van der Waals surface area contributed by atoms with Gasteiger partial charge in [0, 0.05) is 21.9 Å². The topological polar surface area (TPSA) is 38.1 Å². The third-order valence-corrected chi connectivity index (χ3v) is 5.22. The van der Waals surface area contributed by atoms with Gasteiger partial charge in [-0.3, -0.25) is 4.79 Å². The number of piperidine rings is 1. The molecule has 1 aliphatic rings. The van der Waals surface area contributed by atoms with Gasteiger partial charge in [0.2, 0.25) is 0 Å². The number of carbonyl (C=O) groups is 1. The predicted octanol–water partition coefficient (Wildman–Crippen LogP) is 4.19. The summed E-state index contributed by atoms with van der Waals surface area (Å²) in [7, 11) is 2.15. The molecule has 0 saturated carbocycles. The van der Waals surface area contributed by atoms with Gasteiger partial charge in [-0.15, -0.1) is 0 Å². The van der Waals surface area contributed by atoms with Crippen molar-refractivity contribution in [2.45, 2.75) is 18.8 Å². The van der Waals surface area contributed by atoms with Crippen molar-refractivity contribution in [3.8, 4) is 0 Å². The average molecular weight is 354 g/mol. The molecule has 2 aromatic carbocycles. The van der Waals surface area contributed by atoms with Gasteiger partial charge in [0.15, 0.2) is 0 Å². The Kier molecular flexibility index (Phi) is 4.32. The third kappa shape index (κ3) is 3.08. The van der Waals surface area contributed by atoms with Crippen molar-refractivity contribution >= 4 is 28.4 Å². The van der Waals surface area contributed by atoms with Crippen LogP contribution in [0, 0.1) is 0 Å². The fraction of sp³-hybridized carbons (Fsp3) is 0.300. The smallest absolute Gasteiger partial charge is 0.278 e. The van der Waals surface area contributed by atoms with Crippen LogP contribution in [0.4, 0.5) is 0 Å². The Hall–Kier alpha value is -2.17. The molecule has 0 atom stereocenters. The number of benzene rings is 2. The lowest BCUT2D eigenvalue weighted by Crippen LogP contribution is -2.29. The molecule has 25 heavy (non-hydrogen) atoms. The Labute approximate surface area is 152 Å². The lowest BCUT2D eigenvalue weighted by atomic mass is 9.92. The summed E-state index contributed by atoms with van der Waals surface area (Å²) in [6.07, 6.45) is 2.14. The molecule has 1 aromatic heterocycles. The van der Waals surface area contributed by atoms with E-state index in [1.807, 2.05) is 18.2 Å². The van der Waals surface area contributed by atoms with E-state index in [1.165, 1.54) is 4.68 Å². The summed E-state index contributed by atoms with van der Waals surface area (Å²) in [5, 5.41) is 6.38. The van der Waals surface area contributed by atoms with Gasteiger partial charge in [0.05, 0.1) is 11.2 Å². The predicted molar refractivity (Wildman–Crippen MR) is 100 cm³/mol. The lowest BCUT2D eigenvalue weighted by Gasteiger charge is -2.28. The Morgan fingerprint density at radius 2 is 1.88 bits per heavy atom. The van der Waals surface area contributed by atoms with E-state index in [9.17, 15) is 4.79 Å². The highest BCUT2D eigenvalue weighted by atomic mass is 35.5. The zero-order valence-corrected chi connectivity index (χ0v) is 14.9. The maximum absolute atomic E-state index is 13.0. The van der Waals surface area contributed by atoms with Gasteiger partial charge in [0.1, 0.15) is 0 Å². The Bertz CT molecular complexity index is 926. The van der Waals surface area contributed by atoms with E-state index in [0.29, 0.717) is 16.5 Å². The number of carbonyl (C=O) groups excluding carboxylic acids is 1. The Balaban J connectivity index is 1.78. The van der Waals surface area contributed by atoms with Crippen molar-refractivity contribution < 1.29 is 4.79 Å². The van der Waals surface area contributed by atoms with Crippen LogP contribution < -0.4 is 0 Å². The summed E-state index contributed by atoms with van der Waals surface area (Å²) < 4.78 is 1.54. The van der Waals surface area contributed by atoms with Crippen LogP contribution in [0.25, 0.3) is 10.9 Å². The van der Waals surface area contributed by atoms with E-state index in [2.05, 4.69) is 18.0 Å². The molecule has 1 aliphatic heterocycles. The largest absolute Gasteiger partial charge is 0.306 e. The van der Waals surface area contributed by atoms with E-state index < -0.39 is 0 Å². The second-order valence-electron chi connectivity index (χ2n) is 6.71. The standard InChI is InChI=1S/C20H20ClN3O/c1-23-11-9-14(10-12-23)19-17-7-2-3-8-18(17)24(22-19)20(25)15-5-4-6-16(21)13-15/h2-8,13-14H,9-12H2,1H3. The van der Waals surface area contributed by atoms with Crippen molar-refractivity contribution in [1.29, 1.82) is 0 Å². The van der Waals surface area contributed by atoms with Crippen LogP contribution >= 0.6 is 11.6 Å². The molecule has 0 N–H and O–H groups in total. The minimum Gasteiger partial charge on any atom is -0.306 e. The van der Waals surface area contributed by atoms with E-state index in [0.717, 1.165) is 42.5 Å². The van der Waals surface area contributed by atoms with Crippen LogP contribution in [0.15, 0.2) is 48.5 Å². The van der Waals surface area contributed by atoms with Crippen LogP contribution in [-0.4, -0.2) is 40.7 Å². The van der Waals surface area contributed by atoms with Crippen LogP contribution in [0.2, 0.25) is 5.02 Å². The minimum atomic E-state index is -0.141. The number of rotatable bonds is 2. The summed E-state index contributed by atoms with van der Waals surface area (Å²) in [4.78, 5) is 15.3. The summed E-state index contributed by atoms with van der Waals surface area (Å²) in [5.74, 6) is 0.257. The first-order valence-corrected chi connectivity index (χ1v) is 8.98. The van der Waals surface area contributed by atoms with E-state index >= 15 is 0 Å². The van der Waals surface area contributed by atoms with E-state index in [4.69, 9.17) is 16.7 Å². The molecule has 1 fully saturated rings. The van der Waals surface area contributed by atoms with E-state index in [1.54, 1.807) is 24.3 Å². The maximum atomic E-state index is 13.0. The first-order chi connectivity index (χ1) is 12.1. The molecule has 5 heteroatoms. The molecule has 0 amide bonds. The normalized spacial score (nSPS) is 16.4. The summed E-state index contributed by atoms with van der Waals surface area (Å²) in [6.45, 7) is 2.13. The number of nitrogens with zero attached hydrogens (tertiary/aromatic N) is 3. The zero-order chi connectivity index (χ0) is 17.4. The molecule has 0 aliphatic carbocycles. The van der Waals surface area contributed by atoms with Gasteiger partial charge in [-0.05, 0) is 57.2 Å². The van der Waals surface area contributed by atoms with Gasteiger partial charge in [0.25, 0.3) is 5.91 Å². The number of fused-ring (bicyclic) bond motifs is 1. The van der Waals surface area contributed by atoms with Gasteiger partial charge in [-0.25, -0.2) is 0 Å². The average Bonchev–Trinajstić information content (AvgIpc) is 3.01. The van der Waals surface area contributed by atoms with Crippen molar-refractivity contribution in [3.63, 3.8) is 0 Å². The molecule has 0 unspecified atom stereocenters. The molecule has 128 valence electrons. The SMILES string of the molecule is CN1CCC(c2nn(C(=O)c3cccc(Cl)c3)c3ccccc23)CC1. The monoisotopic (exact) mass is 353 g/mol. The van der Waals surface area contributed by atoms with E-state index in [-0.39, 0.29) is 5.91 Å². The highest BCUT2D eigenvalue weighted by Gasteiger charge is 2.25. The lowest BCUT2D eigenvalue weighted by molar-refractivity contribution is 0.0949. The fourth-order valence-corrected chi connectivity index (χ4v) is 3.76. The maximum Gasteiger partial charge on any atom is 0.278 e. The molecule has 0 radical (unpaired) electrons. The molecule has 0 bridgehead atoms. The Morgan fingerprint density at radius 1 is 1.12 bits per heavy atom. The molecule has 0 spiro atoms. The van der Waals surface area contributed by atoms with Gasteiger partial charge in [-0.1, -0.05) is 35.9 Å². The van der Waals surface area contributed by atoms with Gasteiger partial charge < -0.3 is 4.90 Å². The zero-order valence-electron chi connectivity index (χ0n) is 14.2. The third-order valence-electron chi connectivity index (χ3n) is 4.99. The number of para-hydroxylation sites is 1. The number of hydrogen-bond acceptors (Lipinski definition) is 3. The molecule has 2 heterocycles. The van der Waals surface area contributed by atoms with Gasteiger partial charge in [-0.2, -0.15) is 9.78 Å². The molecule has 4 rings (SSSR count). The second kappa shape index (κ2) is 6.62. The van der Waals surface area contributed by atoms with Crippen molar-refractivity contribution in [2.24, 2.45) is 0 Å². The summed E-state index contributed by atoms with van der Waals surface area (Å²) in [6, 6.07) is 15.0. The number of hydrogen-bond donors (Lipinski definition) is 0. The molecular weight excluding hydrogens is 334 g/mol. The summed E-state index contributed by atoms with van der Waals surface area (Å²) >= 11 is 6.05. The second-order valence-corrected chi connectivity index (χ2v) is 7.14. The van der Waals surface area contributed by atoms with Crippen LogP contribution in [0.3, 0.4) is 0 Å². The first kappa shape index (κ1) is 16.3. The number of halogens is 1. The highest BCUT2D eigenvalue weighted by molar-refractivity contribution is 6.31. The molecule has 1 saturated heterocycles. The minimum absolute atomic E-state index is 0.141. The van der Waals surface area contributed by atoms with Crippen molar-refractivity contribution in [3.05, 3.63) is 64.8 Å². The number of likely N-dealkylation sites (tertiary alicyclic amines) is 1. The quantitative estimate of drug-likeness (QED) is 0.693.